The highest BCUT2D eigenvalue weighted by atomic mass is 16.6. The van der Waals surface area contributed by atoms with Gasteiger partial charge in [-0.3, -0.25) is 0 Å². The Balaban J connectivity index is 1.56. The van der Waals surface area contributed by atoms with Crippen LogP contribution in [-0.2, 0) is 16.5 Å². The van der Waals surface area contributed by atoms with Gasteiger partial charge in [-0.25, -0.2) is 9.48 Å². The first-order valence-corrected chi connectivity index (χ1v) is 7.60. The van der Waals surface area contributed by atoms with Gasteiger partial charge in [-0.2, -0.15) is 0 Å². The zero-order valence-corrected chi connectivity index (χ0v) is 12.9. The number of carbonyl (C=O) groups excluding carboxylic acids is 1. The number of carbonyl (C=O) groups is 1. The predicted octanol–water partition coefficient (Wildman–Crippen LogP) is 1.94. The van der Waals surface area contributed by atoms with E-state index in [1.165, 1.54) is 0 Å². The Labute approximate surface area is 128 Å². The third-order valence-electron chi connectivity index (χ3n) is 5.07. The third kappa shape index (κ3) is 1.80. The molecular weight excluding hydrogens is 282 g/mol. The van der Waals surface area contributed by atoms with Crippen LogP contribution in [0.3, 0.4) is 0 Å². The molecule has 0 bridgehead atoms. The van der Waals surface area contributed by atoms with E-state index in [0.29, 0.717) is 17.0 Å². The van der Waals surface area contributed by atoms with E-state index in [-0.39, 0.29) is 23.6 Å². The molecular formula is C16H19N3O3. The fourth-order valence-corrected chi connectivity index (χ4v) is 3.87. The Morgan fingerprint density at radius 3 is 3.09 bits per heavy atom. The second kappa shape index (κ2) is 4.52. The summed E-state index contributed by atoms with van der Waals surface area (Å²) >= 11 is 0. The molecule has 1 saturated carbocycles. The largest absolute Gasteiger partial charge is 0.458 e. The van der Waals surface area contributed by atoms with E-state index in [9.17, 15) is 4.79 Å². The van der Waals surface area contributed by atoms with E-state index in [4.69, 9.17) is 9.47 Å². The number of esters is 1. The number of aryl methyl sites for hydroxylation is 1. The Kier molecular flexibility index (Phi) is 2.81. The standard InChI is InChI=1S/C16H19N3O3/c1-16(2)13-10(6-7-21-13)14(16)22-15(20)9-4-5-12-11(8-9)17-18-19(12)3/h4-5,8,10,13-14H,6-7H2,1-3H3/t10-,13-,14+/m0/s1. The number of fused-ring (bicyclic) bond motifs is 2. The van der Waals surface area contributed by atoms with Gasteiger partial charge in [0.25, 0.3) is 0 Å². The van der Waals surface area contributed by atoms with Gasteiger partial charge in [-0.1, -0.05) is 19.1 Å². The summed E-state index contributed by atoms with van der Waals surface area (Å²) in [6.07, 6.45) is 1.10. The molecule has 1 aromatic heterocycles. The zero-order chi connectivity index (χ0) is 15.5. The Morgan fingerprint density at radius 2 is 2.27 bits per heavy atom. The lowest BCUT2D eigenvalue weighted by molar-refractivity contribution is -0.183. The number of hydrogen-bond acceptors (Lipinski definition) is 5. The molecule has 6 heteroatoms. The molecule has 2 fully saturated rings. The van der Waals surface area contributed by atoms with Gasteiger partial charge in [0, 0.05) is 25.0 Å². The van der Waals surface area contributed by atoms with Crippen molar-refractivity contribution in [1.82, 2.24) is 15.0 Å². The summed E-state index contributed by atoms with van der Waals surface area (Å²) in [6, 6.07) is 5.35. The van der Waals surface area contributed by atoms with Gasteiger partial charge in [0.1, 0.15) is 11.6 Å². The lowest BCUT2D eigenvalue weighted by atomic mass is 9.59. The van der Waals surface area contributed by atoms with E-state index >= 15 is 0 Å². The number of nitrogens with zero attached hydrogens (tertiary/aromatic N) is 3. The fraction of sp³-hybridized carbons (Fsp3) is 0.562. The average Bonchev–Trinajstić information content (AvgIpc) is 3.10. The van der Waals surface area contributed by atoms with E-state index in [1.54, 1.807) is 16.8 Å². The smallest absolute Gasteiger partial charge is 0.338 e. The maximum absolute atomic E-state index is 12.5. The molecule has 4 rings (SSSR count). The molecule has 0 unspecified atom stereocenters. The van der Waals surface area contributed by atoms with Gasteiger partial charge in [0.2, 0.25) is 0 Å². The molecule has 1 aliphatic carbocycles. The Bertz CT molecular complexity index is 752. The summed E-state index contributed by atoms with van der Waals surface area (Å²) in [4.78, 5) is 12.5. The van der Waals surface area contributed by atoms with Crippen molar-refractivity contribution < 1.29 is 14.3 Å². The summed E-state index contributed by atoms with van der Waals surface area (Å²) in [7, 11) is 1.82. The summed E-state index contributed by atoms with van der Waals surface area (Å²) in [5.74, 6) is 0.0372. The first-order chi connectivity index (χ1) is 10.5. The van der Waals surface area contributed by atoms with Crippen molar-refractivity contribution in [2.24, 2.45) is 18.4 Å². The van der Waals surface area contributed by atoms with Crippen LogP contribution in [0.1, 0.15) is 30.6 Å². The summed E-state index contributed by atoms with van der Waals surface area (Å²) in [6.45, 7) is 4.96. The maximum atomic E-state index is 12.5. The molecule has 3 atom stereocenters. The number of ether oxygens (including phenoxy) is 2. The van der Waals surface area contributed by atoms with Crippen molar-refractivity contribution in [2.45, 2.75) is 32.5 Å². The molecule has 22 heavy (non-hydrogen) atoms. The number of benzene rings is 1. The van der Waals surface area contributed by atoms with Crippen LogP contribution in [-0.4, -0.2) is 39.8 Å². The van der Waals surface area contributed by atoms with Gasteiger partial charge >= 0.3 is 5.97 Å². The monoisotopic (exact) mass is 301 g/mol. The van der Waals surface area contributed by atoms with Crippen LogP contribution in [0.5, 0.6) is 0 Å². The van der Waals surface area contributed by atoms with Crippen LogP contribution in [0.25, 0.3) is 11.0 Å². The first-order valence-electron chi connectivity index (χ1n) is 7.60. The molecule has 6 nitrogen and oxygen atoms in total. The van der Waals surface area contributed by atoms with Crippen molar-refractivity contribution in [3.63, 3.8) is 0 Å². The topological polar surface area (TPSA) is 66.2 Å². The second-order valence-electron chi connectivity index (χ2n) is 6.81. The highest BCUT2D eigenvalue weighted by molar-refractivity contribution is 5.93. The molecule has 1 aliphatic heterocycles. The van der Waals surface area contributed by atoms with Gasteiger partial charge < -0.3 is 9.47 Å². The molecule has 1 saturated heterocycles. The minimum atomic E-state index is -0.295. The van der Waals surface area contributed by atoms with E-state index in [0.717, 1.165) is 18.5 Å². The average molecular weight is 301 g/mol. The van der Waals surface area contributed by atoms with Gasteiger partial charge in [-0.15, -0.1) is 5.10 Å². The fourth-order valence-electron chi connectivity index (χ4n) is 3.87. The van der Waals surface area contributed by atoms with Crippen molar-refractivity contribution in [2.75, 3.05) is 6.61 Å². The van der Waals surface area contributed by atoms with Gasteiger partial charge in [-0.05, 0) is 24.6 Å². The van der Waals surface area contributed by atoms with Gasteiger partial charge in [0.15, 0.2) is 0 Å². The van der Waals surface area contributed by atoms with Crippen LogP contribution >= 0.6 is 0 Å². The van der Waals surface area contributed by atoms with Crippen molar-refractivity contribution >= 4 is 17.0 Å². The Hall–Kier alpha value is -1.95. The molecule has 2 aromatic rings. The van der Waals surface area contributed by atoms with Crippen molar-refractivity contribution in [1.29, 1.82) is 0 Å². The minimum Gasteiger partial charge on any atom is -0.458 e. The molecule has 0 radical (unpaired) electrons. The van der Waals surface area contributed by atoms with Crippen molar-refractivity contribution in [3.05, 3.63) is 23.8 Å². The number of aromatic nitrogens is 3. The van der Waals surface area contributed by atoms with Crippen LogP contribution in [0, 0.1) is 11.3 Å². The number of rotatable bonds is 2. The van der Waals surface area contributed by atoms with Crippen LogP contribution in [0.15, 0.2) is 18.2 Å². The van der Waals surface area contributed by atoms with Crippen LogP contribution in [0.4, 0.5) is 0 Å². The second-order valence-corrected chi connectivity index (χ2v) is 6.81. The minimum absolute atomic E-state index is 0.0787. The van der Waals surface area contributed by atoms with Crippen LogP contribution < -0.4 is 0 Å². The summed E-state index contributed by atoms with van der Waals surface area (Å²) < 4.78 is 13.2. The molecule has 116 valence electrons. The summed E-state index contributed by atoms with van der Waals surface area (Å²) in [5.41, 5.74) is 2.00. The SMILES string of the molecule is Cn1nnc2cc(C(=O)O[C@@H]3[C@H]4CCO[C@@H]4C3(C)C)ccc21. The maximum Gasteiger partial charge on any atom is 0.338 e. The highest BCUT2D eigenvalue weighted by Crippen LogP contribution is 2.53. The molecule has 0 amide bonds. The molecule has 2 heterocycles. The lowest BCUT2D eigenvalue weighted by Gasteiger charge is -2.53. The molecule has 1 aromatic carbocycles. The van der Waals surface area contributed by atoms with Gasteiger partial charge in [0.05, 0.1) is 17.2 Å². The lowest BCUT2D eigenvalue weighted by Crippen LogP contribution is -2.61. The van der Waals surface area contributed by atoms with E-state index in [1.807, 2.05) is 13.1 Å². The van der Waals surface area contributed by atoms with Crippen molar-refractivity contribution in [3.8, 4) is 0 Å². The quantitative estimate of drug-likeness (QED) is 0.793. The molecule has 0 spiro atoms. The van der Waals surface area contributed by atoms with E-state index < -0.39 is 0 Å². The van der Waals surface area contributed by atoms with Crippen LogP contribution in [0.2, 0.25) is 0 Å². The zero-order valence-electron chi connectivity index (χ0n) is 12.9. The molecule has 2 aliphatic rings. The van der Waals surface area contributed by atoms with E-state index in [2.05, 4.69) is 24.2 Å². The molecule has 0 N–H and O–H groups in total. The normalized spacial score (nSPS) is 29.1. The number of hydrogen-bond donors (Lipinski definition) is 0. The highest BCUT2D eigenvalue weighted by Gasteiger charge is 2.61. The predicted molar refractivity (Wildman–Crippen MR) is 79.3 cm³/mol. The summed E-state index contributed by atoms with van der Waals surface area (Å²) in [5, 5.41) is 7.99. The Morgan fingerprint density at radius 1 is 1.45 bits per heavy atom. The first kappa shape index (κ1) is 13.7. The third-order valence-corrected chi connectivity index (χ3v) is 5.07.